The second kappa shape index (κ2) is 2.83. The third-order valence-electron chi connectivity index (χ3n) is 2.17. The Morgan fingerprint density at radius 1 is 1.50 bits per heavy atom. The van der Waals surface area contributed by atoms with Crippen LogP contribution in [-0.4, -0.2) is 19.1 Å². The van der Waals surface area contributed by atoms with Crippen LogP contribution in [0.15, 0.2) is 15.9 Å². The molecule has 74 valence electrons. The van der Waals surface area contributed by atoms with E-state index in [2.05, 4.69) is 9.97 Å². The van der Waals surface area contributed by atoms with E-state index in [0.29, 0.717) is 17.7 Å². The minimum Gasteiger partial charge on any atom is -0.328 e. The van der Waals surface area contributed by atoms with E-state index >= 15 is 0 Å². The molecule has 0 aliphatic heterocycles. The van der Waals surface area contributed by atoms with Crippen LogP contribution in [0.4, 0.5) is 0 Å². The van der Waals surface area contributed by atoms with E-state index in [9.17, 15) is 9.59 Å². The SMILES string of the molecule is CCn1c(=O)[nH]c(=O)c2c1ncn2C. The number of H-pyrrole nitrogens is 1. The lowest BCUT2D eigenvalue weighted by Gasteiger charge is -2.01. The summed E-state index contributed by atoms with van der Waals surface area (Å²) in [6, 6.07) is 0. The van der Waals surface area contributed by atoms with E-state index in [1.807, 2.05) is 6.92 Å². The summed E-state index contributed by atoms with van der Waals surface area (Å²) in [5.41, 5.74) is 0.0496. The smallest absolute Gasteiger partial charge is 0.328 e. The molecule has 2 aromatic heterocycles. The van der Waals surface area contributed by atoms with Crippen LogP contribution in [0.5, 0.6) is 0 Å². The Kier molecular flexibility index (Phi) is 1.77. The van der Waals surface area contributed by atoms with E-state index in [0.717, 1.165) is 0 Å². The summed E-state index contributed by atoms with van der Waals surface area (Å²) in [5.74, 6) is 0. The molecule has 0 amide bonds. The van der Waals surface area contributed by atoms with Crippen LogP contribution >= 0.6 is 0 Å². The number of nitrogens with one attached hydrogen (secondary N) is 1. The molecule has 0 radical (unpaired) electrons. The first-order chi connectivity index (χ1) is 6.65. The van der Waals surface area contributed by atoms with Gasteiger partial charge in [0.2, 0.25) is 0 Å². The van der Waals surface area contributed by atoms with Crippen molar-refractivity contribution in [2.45, 2.75) is 13.5 Å². The van der Waals surface area contributed by atoms with Crippen molar-refractivity contribution >= 4 is 11.2 Å². The molecule has 0 saturated heterocycles. The summed E-state index contributed by atoms with van der Waals surface area (Å²) in [5, 5.41) is 0. The van der Waals surface area contributed by atoms with Crippen LogP contribution in [0.2, 0.25) is 0 Å². The van der Waals surface area contributed by atoms with Crippen molar-refractivity contribution < 1.29 is 0 Å². The molecule has 1 N–H and O–H groups in total. The normalized spacial score (nSPS) is 11.0. The van der Waals surface area contributed by atoms with Gasteiger partial charge in [0.05, 0.1) is 6.33 Å². The summed E-state index contributed by atoms with van der Waals surface area (Å²) >= 11 is 0. The van der Waals surface area contributed by atoms with Gasteiger partial charge in [0.25, 0.3) is 5.56 Å². The number of aryl methyl sites for hydroxylation is 2. The molecule has 0 unspecified atom stereocenters. The lowest BCUT2D eigenvalue weighted by Crippen LogP contribution is -2.30. The monoisotopic (exact) mass is 194 g/mol. The minimum absolute atomic E-state index is 0.394. The molecule has 0 atom stereocenters. The Balaban J connectivity index is 3.08. The van der Waals surface area contributed by atoms with Crippen molar-refractivity contribution in [1.82, 2.24) is 19.1 Å². The molecule has 0 aliphatic rings. The lowest BCUT2D eigenvalue weighted by atomic mass is 10.5. The van der Waals surface area contributed by atoms with Crippen LogP contribution in [0, 0.1) is 0 Å². The highest BCUT2D eigenvalue weighted by atomic mass is 16.2. The average Bonchev–Trinajstić information content (AvgIpc) is 2.49. The standard InChI is InChI=1S/C8H10N4O2/c1-3-12-6-5(11(2)4-9-6)7(13)10-8(12)14/h4H,3H2,1-2H3,(H,10,13,14). The minimum atomic E-state index is -0.413. The first-order valence-corrected chi connectivity index (χ1v) is 4.29. The highest BCUT2D eigenvalue weighted by molar-refractivity contribution is 5.69. The quantitative estimate of drug-likeness (QED) is 0.661. The third kappa shape index (κ3) is 1.00. The number of aromatic amines is 1. The largest absolute Gasteiger partial charge is 0.330 e. The Morgan fingerprint density at radius 3 is 2.86 bits per heavy atom. The summed E-state index contributed by atoms with van der Waals surface area (Å²) in [6.07, 6.45) is 1.52. The summed E-state index contributed by atoms with van der Waals surface area (Å²) in [6.45, 7) is 2.32. The second-order valence-corrected chi connectivity index (χ2v) is 3.03. The molecule has 0 aliphatic carbocycles. The van der Waals surface area contributed by atoms with Crippen molar-refractivity contribution in [3.8, 4) is 0 Å². The molecule has 6 heteroatoms. The fourth-order valence-corrected chi connectivity index (χ4v) is 1.49. The number of aromatic nitrogens is 4. The lowest BCUT2D eigenvalue weighted by molar-refractivity contribution is 0.719. The van der Waals surface area contributed by atoms with Crippen molar-refractivity contribution in [1.29, 1.82) is 0 Å². The van der Waals surface area contributed by atoms with Gasteiger partial charge in [-0.3, -0.25) is 14.3 Å². The molecule has 0 aromatic carbocycles. The first kappa shape index (κ1) is 8.74. The molecule has 0 fully saturated rings. The molecular weight excluding hydrogens is 184 g/mol. The maximum atomic E-state index is 11.4. The Labute approximate surface area is 78.8 Å². The summed E-state index contributed by atoms with van der Waals surface area (Å²) in [4.78, 5) is 29.0. The van der Waals surface area contributed by atoms with E-state index in [1.165, 1.54) is 10.9 Å². The summed E-state index contributed by atoms with van der Waals surface area (Å²) in [7, 11) is 1.72. The number of imidazole rings is 1. The van der Waals surface area contributed by atoms with Crippen LogP contribution < -0.4 is 11.2 Å². The maximum absolute atomic E-state index is 11.4. The zero-order valence-electron chi connectivity index (χ0n) is 7.94. The van der Waals surface area contributed by atoms with Crippen LogP contribution in [0.25, 0.3) is 11.2 Å². The van der Waals surface area contributed by atoms with Crippen molar-refractivity contribution in [2.24, 2.45) is 7.05 Å². The Hall–Kier alpha value is -1.85. The highest BCUT2D eigenvalue weighted by Gasteiger charge is 2.09. The molecular formula is C8H10N4O2. The number of nitrogens with zero attached hydrogens (tertiary/aromatic N) is 3. The van der Waals surface area contributed by atoms with Crippen molar-refractivity contribution in [3.05, 3.63) is 27.2 Å². The van der Waals surface area contributed by atoms with Crippen LogP contribution in [0.3, 0.4) is 0 Å². The Morgan fingerprint density at radius 2 is 2.21 bits per heavy atom. The van der Waals surface area contributed by atoms with Gasteiger partial charge in [-0.1, -0.05) is 0 Å². The van der Waals surface area contributed by atoms with Gasteiger partial charge in [0.15, 0.2) is 11.2 Å². The molecule has 0 saturated carbocycles. The van der Waals surface area contributed by atoms with E-state index < -0.39 is 11.2 Å². The van der Waals surface area contributed by atoms with Gasteiger partial charge in [0, 0.05) is 13.6 Å². The van der Waals surface area contributed by atoms with Gasteiger partial charge in [0.1, 0.15) is 0 Å². The Bertz CT molecular complexity index is 589. The summed E-state index contributed by atoms with van der Waals surface area (Å²) < 4.78 is 3.02. The molecule has 2 heterocycles. The molecule has 2 rings (SSSR count). The number of hydrogen-bond acceptors (Lipinski definition) is 3. The topological polar surface area (TPSA) is 72.7 Å². The van der Waals surface area contributed by atoms with E-state index in [4.69, 9.17) is 0 Å². The fourth-order valence-electron chi connectivity index (χ4n) is 1.49. The molecule has 2 aromatic rings. The number of fused-ring (bicyclic) bond motifs is 1. The van der Waals surface area contributed by atoms with E-state index in [-0.39, 0.29) is 0 Å². The molecule has 0 spiro atoms. The van der Waals surface area contributed by atoms with E-state index in [1.54, 1.807) is 11.6 Å². The van der Waals surface area contributed by atoms with Crippen molar-refractivity contribution in [3.63, 3.8) is 0 Å². The van der Waals surface area contributed by atoms with Gasteiger partial charge in [-0.2, -0.15) is 0 Å². The average molecular weight is 194 g/mol. The second-order valence-electron chi connectivity index (χ2n) is 3.03. The van der Waals surface area contributed by atoms with Gasteiger partial charge >= 0.3 is 5.69 Å². The third-order valence-corrected chi connectivity index (χ3v) is 2.17. The number of hydrogen-bond donors (Lipinski definition) is 1. The van der Waals surface area contributed by atoms with Crippen LogP contribution in [0.1, 0.15) is 6.92 Å². The molecule has 14 heavy (non-hydrogen) atoms. The number of rotatable bonds is 1. The molecule has 0 bridgehead atoms. The highest BCUT2D eigenvalue weighted by Crippen LogP contribution is 2.02. The maximum Gasteiger partial charge on any atom is 0.330 e. The van der Waals surface area contributed by atoms with Crippen molar-refractivity contribution in [2.75, 3.05) is 0 Å². The fraction of sp³-hybridized carbons (Fsp3) is 0.375. The zero-order valence-corrected chi connectivity index (χ0v) is 7.94. The van der Waals surface area contributed by atoms with Gasteiger partial charge in [-0.15, -0.1) is 0 Å². The molecule has 6 nitrogen and oxygen atoms in total. The van der Waals surface area contributed by atoms with Gasteiger partial charge in [-0.25, -0.2) is 9.78 Å². The van der Waals surface area contributed by atoms with Gasteiger partial charge < -0.3 is 4.57 Å². The van der Waals surface area contributed by atoms with Crippen LogP contribution in [-0.2, 0) is 13.6 Å². The zero-order chi connectivity index (χ0) is 10.3. The predicted molar refractivity (Wildman–Crippen MR) is 51.3 cm³/mol. The first-order valence-electron chi connectivity index (χ1n) is 4.29. The van der Waals surface area contributed by atoms with Gasteiger partial charge in [-0.05, 0) is 6.92 Å². The predicted octanol–water partition coefficient (Wildman–Crippen LogP) is -0.557.